The first-order valence-corrected chi connectivity index (χ1v) is 21.1. The highest BCUT2D eigenvalue weighted by atomic mass is 16.7. The molecule has 2 N–H and O–H groups in total. The van der Waals surface area contributed by atoms with E-state index < -0.39 is 47.2 Å². The van der Waals surface area contributed by atoms with Crippen LogP contribution >= 0.6 is 0 Å². The molecule has 3 aliphatic rings. The summed E-state index contributed by atoms with van der Waals surface area (Å²) in [5.41, 5.74) is 3.25. The van der Waals surface area contributed by atoms with Crippen LogP contribution in [0.3, 0.4) is 0 Å². The Morgan fingerprint density at radius 3 is 2.03 bits per heavy atom. The lowest BCUT2D eigenvalue weighted by atomic mass is 9.69. The van der Waals surface area contributed by atoms with Gasteiger partial charge in [0.2, 0.25) is 5.91 Å². The van der Waals surface area contributed by atoms with Crippen molar-refractivity contribution >= 4 is 29.9 Å². The van der Waals surface area contributed by atoms with E-state index in [4.69, 9.17) is 18.9 Å². The van der Waals surface area contributed by atoms with E-state index in [2.05, 4.69) is 27.7 Å². The Hall–Kier alpha value is -4.32. The van der Waals surface area contributed by atoms with E-state index in [1.165, 1.54) is 44.9 Å². The van der Waals surface area contributed by atoms with Gasteiger partial charge >= 0.3 is 18.3 Å². The van der Waals surface area contributed by atoms with Crippen LogP contribution in [-0.4, -0.2) is 71.6 Å². The van der Waals surface area contributed by atoms with Gasteiger partial charge in [0, 0.05) is 26.1 Å². The lowest BCUT2D eigenvalue weighted by Gasteiger charge is -2.45. The number of nitrogens with zero attached hydrogens (tertiary/aromatic N) is 2. The highest BCUT2D eigenvalue weighted by molar-refractivity contribution is 5.91. The van der Waals surface area contributed by atoms with E-state index in [9.17, 15) is 19.2 Å². The number of nitrogens with one attached hydrogen (secondary N) is 2. The number of alkyl carbamates (subject to hydrolysis) is 1. The largest absolute Gasteiger partial charge is 0.514 e. The van der Waals surface area contributed by atoms with Crippen LogP contribution in [0.5, 0.6) is 5.75 Å². The van der Waals surface area contributed by atoms with Crippen molar-refractivity contribution in [1.82, 2.24) is 15.5 Å². The molecule has 1 saturated carbocycles. The molecule has 2 aliphatic heterocycles. The van der Waals surface area contributed by atoms with Gasteiger partial charge < -0.3 is 29.6 Å². The molecular formula is C46H68N4O8. The molecule has 0 bridgehead atoms. The number of hydrogen-bond acceptors (Lipinski definition) is 9. The van der Waals surface area contributed by atoms with Crippen molar-refractivity contribution in [2.45, 2.75) is 169 Å². The maximum absolute atomic E-state index is 14.5. The van der Waals surface area contributed by atoms with E-state index in [0.29, 0.717) is 29.8 Å². The Balaban J connectivity index is 1.42. The molecule has 2 fully saturated rings. The number of hydrogen-bond donors (Lipinski definition) is 2. The predicted octanol–water partition coefficient (Wildman–Crippen LogP) is 9.60. The molecule has 2 aromatic rings. The number of benzene rings is 2. The maximum atomic E-state index is 14.5. The minimum atomic E-state index is -1.01. The number of aryl methyl sites for hydroxylation is 2. The zero-order valence-corrected chi connectivity index (χ0v) is 36.9. The molecule has 58 heavy (non-hydrogen) atoms. The van der Waals surface area contributed by atoms with Crippen LogP contribution in [-0.2, 0) is 32.0 Å². The van der Waals surface area contributed by atoms with Crippen molar-refractivity contribution < 1.29 is 38.1 Å². The third-order valence-corrected chi connectivity index (χ3v) is 11.1. The minimum Gasteiger partial charge on any atom is -0.444 e. The fourth-order valence-corrected chi connectivity index (χ4v) is 8.67. The van der Waals surface area contributed by atoms with Gasteiger partial charge in [0.25, 0.3) is 0 Å². The van der Waals surface area contributed by atoms with Crippen molar-refractivity contribution in [1.29, 1.82) is 0 Å². The monoisotopic (exact) mass is 805 g/mol. The molecule has 1 aliphatic carbocycles. The fraction of sp³-hybridized carbons (Fsp3) is 0.652. The number of ether oxygens (including phenoxy) is 4. The summed E-state index contributed by atoms with van der Waals surface area (Å²) >= 11 is 0. The third-order valence-electron chi connectivity index (χ3n) is 11.1. The molecule has 5 rings (SSSR count). The van der Waals surface area contributed by atoms with Crippen molar-refractivity contribution in [3.8, 4) is 5.75 Å². The van der Waals surface area contributed by atoms with Crippen molar-refractivity contribution in [3.05, 3.63) is 58.1 Å². The third kappa shape index (κ3) is 12.6. The normalized spacial score (nSPS) is 19.1. The van der Waals surface area contributed by atoms with Crippen molar-refractivity contribution in [3.63, 3.8) is 0 Å². The number of rotatable bonds is 8. The predicted molar refractivity (Wildman–Crippen MR) is 225 cm³/mol. The Morgan fingerprint density at radius 2 is 1.41 bits per heavy atom. The second-order valence-electron chi connectivity index (χ2n) is 19.8. The van der Waals surface area contributed by atoms with Gasteiger partial charge in [-0.05, 0) is 166 Å². The van der Waals surface area contributed by atoms with Crippen LogP contribution in [0.15, 0.2) is 30.3 Å². The Bertz CT molecular complexity index is 1790. The minimum absolute atomic E-state index is 0.149. The van der Waals surface area contributed by atoms with Crippen LogP contribution < -0.4 is 20.3 Å². The summed E-state index contributed by atoms with van der Waals surface area (Å²) in [4.78, 5) is 57.9. The van der Waals surface area contributed by atoms with Gasteiger partial charge in [-0.3, -0.25) is 14.6 Å². The van der Waals surface area contributed by atoms with E-state index in [-0.39, 0.29) is 12.3 Å². The zero-order valence-electron chi connectivity index (χ0n) is 36.9. The number of carbonyl (C=O) groups excluding carboxylic acids is 4. The van der Waals surface area contributed by atoms with Gasteiger partial charge in [-0.1, -0.05) is 31.4 Å². The summed E-state index contributed by atoms with van der Waals surface area (Å²) in [7, 11) is 0. The van der Waals surface area contributed by atoms with E-state index in [0.717, 1.165) is 47.5 Å². The van der Waals surface area contributed by atoms with Gasteiger partial charge in [0.15, 0.2) is 0 Å². The molecule has 2 atom stereocenters. The van der Waals surface area contributed by atoms with Crippen molar-refractivity contribution in [2.24, 2.45) is 5.41 Å². The summed E-state index contributed by atoms with van der Waals surface area (Å²) < 4.78 is 22.2. The number of likely N-dealkylation sites (tertiary alicyclic amines) is 1. The summed E-state index contributed by atoms with van der Waals surface area (Å²) in [5.74, 6) is -0.0715. The van der Waals surface area contributed by atoms with Crippen LogP contribution in [0.2, 0.25) is 0 Å². The first-order valence-electron chi connectivity index (χ1n) is 21.1. The smallest absolute Gasteiger partial charge is 0.444 e. The molecule has 0 radical (unpaired) electrons. The van der Waals surface area contributed by atoms with E-state index in [1.807, 2.05) is 40.7 Å². The summed E-state index contributed by atoms with van der Waals surface area (Å²) in [6.45, 7) is 23.2. The summed E-state index contributed by atoms with van der Waals surface area (Å²) in [6.07, 6.45) is 7.68. The summed E-state index contributed by atoms with van der Waals surface area (Å²) in [5, 5.41) is 6.10. The number of amides is 3. The molecule has 1 saturated heterocycles. The number of piperidine rings is 1. The Labute approximate surface area is 346 Å². The topological polar surface area (TPSA) is 136 Å². The average Bonchev–Trinajstić information content (AvgIpc) is 3.07. The van der Waals surface area contributed by atoms with E-state index in [1.54, 1.807) is 58.6 Å². The van der Waals surface area contributed by atoms with Gasteiger partial charge in [0.1, 0.15) is 28.6 Å². The standard InChI is InChI=1S/C46H68N4O8/c1-30-24-33(55-42(54)58-45(9,10)11)25-31(2)34(30)27-37(48-40(52)56-43(3,4)5)39(51)47-36-18-23-50(41(53)57-44(6,7)8)38-17-16-32(26-35(36)38)28-49-22-15-21-46(29-49)19-13-12-14-20-46/h16-17,24-26,36-37H,12-15,18-23,27-29H2,1-11H3,(H,47,51)(H,48,52)/t36-,37+/m1/s1. The SMILES string of the molecule is Cc1cc(OC(=O)OC(C)(C)C)cc(C)c1C[C@H](NC(=O)OC(C)(C)C)C(=O)N[C@@H]1CCN(C(=O)OC(C)(C)C)c2ccc(CN3CCCC4(CCCCC4)C3)cc21. The second-order valence-corrected chi connectivity index (χ2v) is 19.8. The number of fused-ring (bicyclic) bond motifs is 1. The molecule has 12 nitrogen and oxygen atoms in total. The molecular weight excluding hydrogens is 737 g/mol. The molecule has 1 spiro atoms. The average molecular weight is 805 g/mol. The molecule has 0 unspecified atom stereocenters. The fourth-order valence-electron chi connectivity index (χ4n) is 8.67. The first kappa shape index (κ1) is 44.8. The number of carbonyl (C=O) groups is 4. The van der Waals surface area contributed by atoms with Gasteiger partial charge in [0.05, 0.1) is 11.7 Å². The maximum Gasteiger partial charge on any atom is 0.514 e. The Morgan fingerprint density at radius 1 is 0.793 bits per heavy atom. The zero-order chi connectivity index (χ0) is 42.6. The van der Waals surface area contributed by atoms with Gasteiger partial charge in [-0.15, -0.1) is 0 Å². The highest BCUT2D eigenvalue weighted by Gasteiger charge is 2.38. The second kappa shape index (κ2) is 17.9. The van der Waals surface area contributed by atoms with Crippen LogP contribution in [0, 0.1) is 19.3 Å². The van der Waals surface area contributed by atoms with E-state index >= 15 is 0 Å². The molecule has 2 aromatic carbocycles. The Kier molecular flexibility index (Phi) is 13.8. The number of anilines is 1. The quantitative estimate of drug-likeness (QED) is 0.152. The molecule has 2 heterocycles. The first-order chi connectivity index (χ1) is 27.0. The lowest BCUT2D eigenvalue weighted by Crippen LogP contribution is -2.51. The van der Waals surface area contributed by atoms with Crippen molar-refractivity contribution in [2.75, 3.05) is 24.5 Å². The summed E-state index contributed by atoms with van der Waals surface area (Å²) in [6, 6.07) is 8.19. The molecule has 3 amide bonds. The lowest BCUT2D eigenvalue weighted by molar-refractivity contribution is -0.124. The van der Waals surface area contributed by atoms with Crippen LogP contribution in [0.1, 0.15) is 148 Å². The molecule has 320 valence electrons. The highest BCUT2D eigenvalue weighted by Crippen LogP contribution is 2.44. The van der Waals surface area contributed by atoms with Gasteiger partial charge in [-0.25, -0.2) is 14.4 Å². The molecule has 12 heteroatoms. The molecule has 0 aromatic heterocycles. The van der Waals surface area contributed by atoms with Crippen LogP contribution in [0.4, 0.5) is 20.1 Å². The van der Waals surface area contributed by atoms with Gasteiger partial charge in [-0.2, -0.15) is 0 Å². The van der Waals surface area contributed by atoms with Crippen LogP contribution in [0.25, 0.3) is 0 Å².